The van der Waals surface area contributed by atoms with E-state index in [0.717, 1.165) is 28.3 Å². The molecule has 132 valence electrons. The van der Waals surface area contributed by atoms with Crippen molar-refractivity contribution in [2.75, 3.05) is 18.4 Å². The van der Waals surface area contributed by atoms with Crippen LogP contribution in [0.5, 0.6) is 11.5 Å². The van der Waals surface area contributed by atoms with Crippen LogP contribution in [-0.2, 0) is 5.75 Å². The molecule has 0 bridgehead atoms. The summed E-state index contributed by atoms with van der Waals surface area (Å²) in [5.41, 5.74) is 3.48. The molecule has 1 amide bonds. The number of aromatic nitrogens is 1. The van der Waals surface area contributed by atoms with Gasteiger partial charge in [0.05, 0.1) is 5.69 Å². The van der Waals surface area contributed by atoms with E-state index in [4.69, 9.17) is 9.47 Å². The first-order valence-corrected chi connectivity index (χ1v) is 10.2. The zero-order valence-corrected chi connectivity index (χ0v) is 15.7. The van der Waals surface area contributed by atoms with Gasteiger partial charge in [0.2, 0.25) is 6.79 Å². The molecule has 0 radical (unpaired) electrons. The van der Waals surface area contributed by atoms with Crippen molar-refractivity contribution in [3.63, 3.8) is 0 Å². The molecular weight excluding hydrogens is 368 g/mol. The van der Waals surface area contributed by atoms with E-state index in [1.54, 1.807) is 11.8 Å². The molecule has 0 atom stereocenters. The second-order valence-corrected chi connectivity index (χ2v) is 7.42. The van der Waals surface area contributed by atoms with Crippen LogP contribution in [-0.4, -0.2) is 23.9 Å². The van der Waals surface area contributed by atoms with E-state index in [0.29, 0.717) is 16.4 Å². The highest BCUT2D eigenvalue weighted by atomic mass is 32.2. The second-order valence-electron chi connectivity index (χ2n) is 5.69. The van der Waals surface area contributed by atoms with E-state index in [2.05, 4.69) is 10.3 Å². The minimum atomic E-state index is -0.153. The lowest BCUT2D eigenvalue weighted by Gasteiger charge is -2.04. The highest BCUT2D eigenvalue weighted by molar-refractivity contribution is 7.97. The smallest absolute Gasteiger partial charge is 0.257 e. The first-order valence-electron chi connectivity index (χ1n) is 7.98. The number of carbonyl (C=O) groups excluding carboxylic acids is 1. The molecule has 3 aromatic rings. The van der Waals surface area contributed by atoms with Gasteiger partial charge in [-0.25, -0.2) is 4.98 Å². The number of amides is 1. The Morgan fingerprint density at radius 1 is 1.23 bits per heavy atom. The minimum absolute atomic E-state index is 0.153. The number of hydrogen-bond acceptors (Lipinski definition) is 6. The van der Waals surface area contributed by atoms with Crippen LogP contribution in [0.15, 0.2) is 47.8 Å². The molecule has 1 aliphatic heterocycles. The lowest BCUT2D eigenvalue weighted by Crippen LogP contribution is -2.11. The van der Waals surface area contributed by atoms with Gasteiger partial charge in [-0.15, -0.1) is 11.3 Å². The number of thioether (sulfide) groups is 1. The van der Waals surface area contributed by atoms with Crippen molar-refractivity contribution in [1.82, 2.24) is 4.98 Å². The van der Waals surface area contributed by atoms with Crippen LogP contribution in [0.25, 0.3) is 11.3 Å². The summed E-state index contributed by atoms with van der Waals surface area (Å²) in [6, 6.07) is 13.3. The Kier molecular flexibility index (Phi) is 4.81. The number of ether oxygens (including phenoxy) is 2. The van der Waals surface area contributed by atoms with Crippen LogP contribution < -0.4 is 14.8 Å². The Morgan fingerprint density at radius 3 is 3.00 bits per heavy atom. The molecule has 2 heterocycles. The first kappa shape index (κ1) is 16.9. The van der Waals surface area contributed by atoms with E-state index in [1.807, 2.05) is 54.1 Å². The van der Waals surface area contributed by atoms with Crippen LogP contribution in [0.2, 0.25) is 0 Å². The Bertz CT molecular complexity index is 955. The normalized spacial score (nSPS) is 12.2. The maximum absolute atomic E-state index is 12.5. The summed E-state index contributed by atoms with van der Waals surface area (Å²) < 4.78 is 10.7. The van der Waals surface area contributed by atoms with E-state index < -0.39 is 0 Å². The van der Waals surface area contributed by atoms with Crippen LogP contribution >= 0.6 is 23.1 Å². The Morgan fingerprint density at radius 2 is 2.12 bits per heavy atom. The topological polar surface area (TPSA) is 60.5 Å². The maximum Gasteiger partial charge on any atom is 0.257 e. The Labute approximate surface area is 159 Å². The summed E-state index contributed by atoms with van der Waals surface area (Å²) in [6.07, 6.45) is 2.04. The van der Waals surface area contributed by atoms with Crippen molar-refractivity contribution >= 4 is 34.1 Å². The molecule has 1 aliphatic rings. The van der Waals surface area contributed by atoms with Gasteiger partial charge >= 0.3 is 0 Å². The molecule has 0 saturated carbocycles. The Balaban J connectivity index is 1.50. The number of benzene rings is 2. The molecule has 2 aromatic carbocycles. The van der Waals surface area contributed by atoms with Gasteiger partial charge in [-0.05, 0) is 42.2 Å². The van der Waals surface area contributed by atoms with Gasteiger partial charge in [0.25, 0.3) is 5.91 Å². The number of carbonyl (C=O) groups is 1. The van der Waals surface area contributed by atoms with Crippen molar-refractivity contribution in [2.24, 2.45) is 0 Å². The molecule has 1 N–H and O–H groups in total. The SMILES string of the molecule is CSCc1cccc(C(=O)Nc2nc(-c3ccc4c(c3)OCO4)cs2)c1. The molecule has 1 aromatic heterocycles. The summed E-state index contributed by atoms with van der Waals surface area (Å²) in [5, 5.41) is 5.36. The molecule has 5 nitrogen and oxygen atoms in total. The predicted octanol–water partition coefficient (Wildman–Crippen LogP) is 4.65. The largest absolute Gasteiger partial charge is 0.454 e. The van der Waals surface area contributed by atoms with Gasteiger partial charge in [-0.3, -0.25) is 10.1 Å². The minimum Gasteiger partial charge on any atom is -0.454 e. The summed E-state index contributed by atoms with van der Waals surface area (Å²) >= 11 is 3.12. The van der Waals surface area contributed by atoms with Crippen molar-refractivity contribution in [3.05, 3.63) is 59.0 Å². The van der Waals surface area contributed by atoms with Crippen LogP contribution in [0.3, 0.4) is 0 Å². The van der Waals surface area contributed by atoms with Crippen LogP contribution in [0, 0.1) is 0 Å². The summed E-state index contributed by atoms with van der Waals surface area (Å²) in [4.78, 5) is 17.0. The highest BCUT2D eigenvalue weighted by Crippen LogP contribution is 2.36. The van der Waals surface area contributed by atoms with E-state index >= 15 is 0 Å². The van der Waals surface area contributed by atoms with Crippen molar-refractivity contribution in [1.29, 1.82) is 0 Å². The number of thiazole rings is 1. The van der Waals surface area contributed by atoms with Gasteiger partial charge < -0.3 is 9.47 Å². The van der Waals surface area contributed by atoms with Crippen LogP contribution in [0.4, 0.5) is 5.13 Å². The fraction of sp³-hybridized carbons (Fsp3) is 0.158. The third-order valence-electron chi connectivity index (χ3n) is 3.89. The quantitative estimate of drug-likeness (QED) is 0.694. The van der Waals surface area contributed by atoms with E-state index in [1.165, 1.54) is 11.3 Å². The van der Waals surface area contributed by atoms with E-state index in [9.17, 15) is 4.79 Å². The summed E-state index contributed by atoms with van der Waals surface area (Å²) in [7, 11) is 0. The van der Waals surface area contributed by atoms with Crippen LogP contribution in [0.1, 0.15) is 15.9 Å². The third kappa shape index (κ3) is 3.54. The van der Waals surface area contributed by atoms with Crippen molar-refractivity contribution in [3.8, 4) is 22.8 Å². The third-order valence-corrected chi connectivity index (χ3v) is 5.27. The lowest BCUT2D eigenvalue weighted by atomic mass is 10.1. The molecule has 0 spiro atoms. The number of hydrogen-bond donors (Lipinski definition) is 1. The second kappa shape index (κ2) is 7.39. The predicted molar refractivity (Wildman–Crippen MR) is 105 cm³/mol. The Hall–Kier alpha value is -2.51. The first-order chi connectivity index (χ1) is 12.7. The number of anilines is 1. The molecule has 0 aliphatic carbocycles. The van der Waals surface area contributed by atoms with Gasteiger partial charge in [0, 0.05) is 22.3 Å². The molecule has 0 fully saturated rings. The van der Waals surface area contributed by atoms with Crippen molar-refractivity contribution in [2.45, 2.75) is 5.75 Å². The van der Waals surface area contributed by atoms with Gasteiger partial charge in [-0.2, -0.15) is 11.8 Å². The molecule has 0 unspecified atom stereocenters. The van der Waals surface area contributed by atoms with Gasteiger partial charge in [-0.1, -0.05) is 12.1 Å². The number of rotatable bonds is 5. The van der Waals surface area contributed by atoms with E-state index in [-0.39, 0.29) is 12.7 Å². The molecule has 7 heteroatoms. The fourth-order valence-electron chi connectivity index (χ4n) is 2.66. The van der Waals surface area contributed by atoms with Gasteiger partial charge in [0.1, 0.15) is 0 Å². The molecule has 4 rings (SSSR count). The zero-order chi connectivity index (χ0) is 17.9. The highest BCUT2D eigenvalue weighted by Gasteiger charge is 2.16. The standard InChI is InChI=1S/C19H16N2O3S2/c1-25-9-12-3-2-4-14(7-12)18(22)21-19-20-15(10-26-19)13-5-6-16-17(8-13)24-11-23-16/h2-8,10H,9,11H2,1H3,(H,20,21,22). The number of fused-ring (bicyclic) bond motifs is 1. The molecule has 26 heavy (non-hydrogen) atoms. The average Bonchev–Trinajstić information content (AvgIpc) is 3.30. The summed E-state index contributed by atoms with van der Waals surface area (Å²) in [6.45, 7) is 0.243. The zero-order valence-electron chi connectivity index (χ0n) is 14.0. The molecular formula is C19H16N2O3S2. The average molecular weight is 384 g/mol. The van der Waals surface area contributed by atoms with Crippen molar-refractivity contribution < 1.29 is 14.3 Å². The number of nitrogens with zero attached hydrogens (tertiary/aromatic N) is 1. The molecule has 0 saturated heterocycles. The lowest BCUT2D eigenvalue weighted by molar-refractivity contribution is 0.102. The van der Waals surface area contributed by atoms with Gasteiger partial charge in [0.15, 0.2) is 16.6 Å². The maximum atomic E-state index is 12.5. The monoisotopic (exact) mass is 384 g/mol. The summed E-state index contributed by atoms with van der Waals surface area (Å²) in [5.74, 6) is 2.18. The number of nitrogens with one attached hydrogen (secondary N) is 1. The fourth-order valence-corrected chi connectivity index (χ4v) is 3.89.